The van der Waals surface area contributed by atoms with E-state index in [4.69, 9.17) is 4.74 Å². The largest absolute Gasteiger partial charge is 0.446 e. The molecule has 0 fully saturated rings. The SMILES string of the molecule is CC(C)CC(C)OC(=O)N(C)Cc1nnc2c(=O)n(C)ccn12. The molecule has 126 valence electrons. The second-order valence-electron chi connectivity index (χ2n) is 6.20. The van der Waals surface area contributed by atoms with Gasteiger partial charge in [-0.15, -0.1) is 10.2 Å². The summed E-state index contributed by atoms with van der Waals surface area (Å²) in [4.78, 5) is 25.5. The highest BCUT2D eigenvalue weighted by Gasteiger charge is 2.18. The van der Waals surface area contributed by atoms with Gasteiger partial charge in [0, 0.05) is 26.5 Å². The molecule has 2 heterocycles. The van der Waals surface area contributed by atoms with E-state index in [1.165, 1.54) is 9.47 Å². The first-order valence-corrected chi connectivity index (χ1v) is 7.60. The van der Waals surface area contributed by atoms with Gasteiger partial charge in [-0.25, -0.2) is 4.79 Å². The molecule has 0 aromatic carbocycles. The van der Waals surface area contributed by atoms with Gasteiger partial charge in [0.1, 0.15) is 6.10 Å². The van der Waals surface area contributed by atoms with E-state index in [0.717, 1.165) is 6.42 Å². The van der Waals surface area contributed by atoms with E-state index in [2.05, 4.69) is 24.0 Å². The Labute approximate surface area is 134 Å². The van der Waals surface area contributed by atoms with Crippen LogP contribution >= 0.6 is 0 Å². The van der Waals surface area contributed by atoms with E-state index < -0.39 is 6.09 Å². The van der Waals surface area contributed by atoms with Gasteiger partial charge in [-0.3, -0.25) is 9.20 Å². The fourth-order valence-electron chi connectivity index (χ4n) is 2.38. The Balaban J connectivity index is 2.08. The molecule has 8 nitrogen and oxygen atoms in total. The average molecular weight is 321 g/mol. The van der Waals surface area contributed by atoms with E-state index in [0.29, 0.717) is 11.7 Å². The molecule has 0 aliphatic heterocycles. The molecule has 2 aromatic rings. The van der Waals surface area contributed by atoms with Crippen LogP contribution in [0, 0.1) is 5.92 Å². The van der Waals surface area contributed by atoms with Gasteiger partial charge < -0.3 is 14.2 Å². The summed E-state index contributed by atoms with van der Waals surface area (Å²) < 4.78 is 8.41. The number of hydrogen-bond acceptors (Lipinski definition) is 5. The number of aromatic nitrogens is 4. The molecule has 1 atom stereocenters. The van der Waals surface area contributed by atoms with Gasteiger partial charge in [0.05, 0.1) is 6.54 Å². The van der Waals surface area contributed by atoms with Crippen molar-refractivity contribution >= 4 is 11.7 Å². The van der Waals surface area contributed by atoms with Crippen LogP contribution in [0.4, 0.5) is 4.79 Å². The molecule has 0 radical (unpaired) electrons. The third kappa shape index (κ3) is 3.88. The van der Waals surface area contributed by atoms with E-state index >= 15 is 0 Å². The maximum Gasteiger partial charge on any atom is 0.410 e. The highest BCUT2D eigenvalue weighted by atomic mass is 16.6. The fourth-order valence-corrected chi connectivity index (χ4v) is 2.38. The van der Waals surface area contributed by atoms with Crippen LogP contribution in [0.1, 0.15) is 33.0 Å². The molecule has 0 aliphatic carbocycles. The van der Waals surface area contributed by atoms with E-state index in [1.807, 2.05) is 6.92 Å². The molecule has 0 N–H and O–H groups in total. The van der Waals surface area contributed by atoms with Crippen LogP contribution < -0.4 is 5.56 Å². The third-order valence-electron chi connectivity index (χ3n) is 3.51. The zero-order valence-corrected chi connectivity index (χ0v) is 14.2. The molecule has 2 rings (SSSR count). The number of carbonyl (C=O) groups is 1. The molecule has 0 spiro atoms. The monoisotopic (exact) mass is 321 g/mol. The molecule has 0 bridgehead atoms. The summed E-state index contributed by atoms with van der Waals surface area (Å²) in [5.74, 6) is 0.966. The maximum atomic E-state index is 12.1. The lowest BCUT2D eigenvalue weighted by molar-refractivity contribution is 0.0655. The summed E-state index contributed by atoms with van der Waals surface area (Å²) in [7, 11) is 3.28. The van der Waals surface area contributed by atoms with Crippen LogP contribution in [0.3, 0.4) is 0 Å². The normalized spacial score (nSPS) is 12.6. The Morgan fingerprint density at radius 2 is 2.00 bits per heavy atom. The lowest BCUT2D eigenvalue weighted by Crippen LogP contribution is -2.31. The molecule has 1 unspecified atom stereocenters. The Morgan fingerprint density at radius 3 is 2.65 bits per heavy atom. The van der Waals surface area contributed by atoms with Crippen LogP contribution in [-0.4, -0.2) is 43.3 Å². The smallest absolute Gasteiger partial charge is 0.410 e. The van der Waals surface area contributed by atoms with Gasteiger partial charge in [-0.1, -0.05) is 13.8 Å². The minimum absolute atomic E-state index is 0.146. The van der Waals surface area contributed by atoms with Crippen LogP contribution in [0.5, 0.6) is 0 Å². The number of nitrogens with zero attached hydrogens (tertiary/aromatic N) is 5. The average Bonchev–Trinajstić information content (AvgIpc) is 2.85. The number of hydrogen-bond donors (Lipinski definition) is 0. The van der Waals surface area contributed by atoms with Crippen molar-refractivity contribution in [3.63, 3.8) is 0 Å². The summed E-state index contributed by atoms with van der Waals surface area (Å²) in [6.07, 6.45) is 3.58. The van der Waals surface area contributed by atoms with E-state index in [1.54, 1.807) is 30.9 Å². The van der Waals surface area contributed by atoms with Crippen LogP contribution in [0.15, 0.2) is 17.2 Å². The van der Waals surface area contributed by atoms with Gasteiger partial charge in [-0.05, 0) is 19.3 Å². The zero-order chi connectivity index (χ0) is 17.1. The predicted molar refractivity (Wildman–Crippen MR) is 85.1 cm³/mol. The first-order valence-electron chi connectivity index (χ1n) is 7.60. The summed E-state index contributed by atoms with van der Waals surface area (Å²) in [5.41, 5.74) is 0.00183. The van der Waals surface area contributed by atoms with Crippen LogP contribution in [-0.2, 0) is 18.3 Å². The van der Waals surface area contributed by atoms with Gasteiger partial charge in [-0.2, -0.15) is 0 Å². The first-order chi connectivity index (χ1) is 10.8. The number of rotatable bonds is 5. The number of fused-ring (bicyclic) bond motifs is 1. The van der Waals surface area contributed by atoms with Crippen molar-refractivity contribution in [3.05, 3.63) is 28.6 Å². The molecule has 23 heavy (non-hydrogen) atoms. The summed E-state index contributed by atoms with van der Waals surface area (Å²) in [6.45, 7) is 6.25. The summed E-state index contributed by atoms with van der Waals surface area (Å²) >= 11 is 0. The molecular weight excluding hydrogens is 298 g/mol. The van der Waals surface area contributed by atoms with Crippen molar-refractivity contribution < 1.29 is 9.53 Å². The number of aryl methyl sites for hydroxylation is 1. The van der Waals surface area contributed by atoms with Crippen molar-refractivity contribution in [3.8, 4) is 0 Å². The highest BCUT2D eigenvalue weighted by Crippen LogP contribution is 2.10. The Kier molecular flexibility index (Phi) is 5.02. The number of ether oxygens (including phenoxy) is 1. The molecule has 2 aromatic heterocycles. The zero-order valence-electron chi connectivity index (χ0n) is 14.2. The standard InChI is InChI=1S/C15H23N5O3/c1-10(2)8-11(3)23-15(22)19(5)9-12-16-17-13-14(21)18(4)6-7-20(12)13/h6-7,10-11H,8-9H2,1-5H3. The molecule has 0 saturated heterocycles. The van der Waals surface area contributed by atoms with Crippen LogP contribution in [0.25, 0.3) is 5.65 Å². The topological polar surface area (TPSA) is 81.7 Å². The number of amides is 1. The maximum absolute atomic E-state index is 12.1. The molecule has 1 amide bonds. The Morgan fingerprint density at radius 1 is 1.30 bits per heavy atom. The summed E-state index contributed by atoms with van der Waals surface area (Å²) in [6, 6.07) is 0. The van der Waals surface area contributed by atoms with Gasteiger partial charge in [0.25, 0.3) is 5.56 Å². The van der Waals surface area contributed by atoms with Crippen molar-refractivity contribution in [1.82, 2.24) is 24.1 Å². The van der Waals surface area contributed by atoms with E-state index in [9.17, 15) is 9.59 Å². The van der Waals surface area contributed by atoms with Gasteiger partial charge in [0.15, 0.2) is 5.82 Å². The van der Waals surface area contributed by atoms with Gasteiger partial charge in [0.2, 0.25) is 5.65 Å². The minimum atomic E-state index is -0.418. The molecule has 0 aliphatic rings. The van der Waals surface area contributed by atoms with Crippen molar-refractivity contribution in [1.29, 1.82) is 0 Å². The number of carbonyl (C=O) groups excluding carboxylic acids is 1. The second-order valence-corrected chi connectivity index (χ2v) is 6.20. The third-order valence-corrected chi connectivity index (χ3v) is 3.51. The van der Waals surface area contributed by atoms with Crippen molar-refractivity contribution in [2.24, 2.45) is 13.0 Å². The first kappa shape index (κ1) is 17.0. The Hall–Kier alpha value is -2.38. The fraction of sp³-hybridized carbons (Fsp3) is 0.600. The molecule has 0 saturated carbocycles. The van der Waals surface area contributed by atoms with Gasteiger partial charge >= 0.3 is 6.09 Å². The highest BCUT2D eigenvalue weighted by molar-refractivity contribution is 5.67. The second kappa shape index (κ2) is 6.80. The lowest BCUT2D eigenvalue weighted by atomic mass is 10.1. The summed E-state index contributed by atoms with van der Waals surface area (Å²) in [5, 5.41) is 7.89. The molecular formula is C15H23N5O3. The van der Waals surface area contributed by atoms with E-state index in [-0.39, 0.29) is 23.9 Å². The minimum Gasteiger partial charge on any atom is -0.446 e. The van der Waals surface area contributed by atoms with Crippen molar-refractivity contribution in [2.45, 2.75) is 39.8 Å². The van der Waals surface area contributed by atoms with Crippen LogP contribution in [0.2, 0.25) is 0 Å². The molecule has 8 heteroatoms. The van der Waals surface area contributed by atoms with Crippen molar-refractivity contribution in [2.75, 3.05) is 7.05 Å². The quantitative estimate of drug-likeness (QED) is 0.832. The lowest BCUT2D eigenvalue weighted by Gasteiger charge is -2.20. The Bertz CT molecular complexity index is 749. The predicted octanol–water partition coefficient (Wildman–Crippen LogP) is 1.43.